The van der Waals surface area contributed by atoms with Crippen molar-refractivity contribution in [1.82, 2.24) is 4.57 Å². The van der Waals surface area contributed by atoms with Crippen LogP contribution in [0.4, 0.5) is 0 Å². The minimum Gasteiger partial charge on any atom is -0.309 e. The molecule has 8 rings (SSSR count). The number of halogens is 1. The van der Waals surface area contributed by atoms with Crippen LogP contribution in [-0.4, -0.2) is 4.57 Å². The summed E-state index contributed by atoms with van der Waals surface area (Å²) in [4.78, 5) is 0. The number of hydrogen-bond acceptors (Lipinski definition) is 0. The molecule has 0 N–H and O–H groups in total. The van der Waals surface area contributed by atoms with Gasteiger partial charge in [0.25, 0.3) is 0 Å². The molecule has 0 unspecified atom stereocenters. The van der Waals surface area contributed by atoms with Crippen LogP contribution in [0.25, 0.3) is 72.0 Å². The summed E-state index contributed by atoms with van der Waals surface area (Å²) in [6.07, 6.45) is 0. The van der Waals surface area contributed by atoms with E-state index >= 15 is 0 Å². The Morgan fingerprint density at radius 3 is 1.59 bits per heavy atom. The van der Waals surface area contributed by atoms with E-state index in [-0.39, 0.29) is 0 Å². The molecule has 1 heterocycles. The standard InChI is InChI=1S/C42H28BrN/c43-36-15-9-14-33(26-36)30-18-20-31(21-19-30)35-22-24-38-37-16-7-8-17-40(37)44(42(38)28-35)41-25-23-34(29-10-3-1-4-11-29)27-39(41)32-12-5-2-6-13-32/h1-28H. The highest BCUT2D eigenvalue weighted by Crippen LogP contribution is 2.39. The van der Waals surface area contributed by atoms with E-state index in [4.69, 9.17) is 0 Å². The fourth-order valence-corrected chi connectivity index (χ4v) is 6.72. The molecule has 0 atom stereocenters. The largest absolute Gasteiger partial charge is 0.309 e. The lowest BCUT2D eigenvalue weighted by Crippen LogP contribution is -1.98. The Hall–Kier alpha value is -5.18. The predicted octanol–water partition coefficient (Wildman–Crippen LogP) is 12.2. The fourth-order valence-electron chi connectivity index (χ4n) is 6.32. The zero-order valence-corrected chi connectivity index (χ0v) is 25.6. The SMILES string of the molecule is Brc1cccc(-c2ccc(-c3ccc4c5ccccc5n(-c5ccc(-c6ccccc6)cc5-c5ccccc5)c4c3)cc2)c1. The topological polar surface area (TPSA) is 4.93 Å². The van der Waals surface area contributed by atoms with Gasteiger partial charge in [0.2, 0.25) is 0 Å². The van der Waals surface area contributed by atoms with Gasteiger partial charge < -0.3 is 4.57 Å². The first kappa shape index (κ1) is 26.4. The zero-order chi connectivity index (χ0) is 29.5. The van der Waals surface area contributed by atoms with Crippen LogP contribution in [0.5, 0.6) is 0 Å². The smallest absolute Gasteiger partial charge is 0.0547 e. The van der Waals surface area contributed by atoms with Crippen LogP contribution >= 0.6 is 15.9 Å². The van der Waals surface area contributed by atoms with Gasteiger partial charge in [-0.05, 0) is 75.3 Å². The Kier molecular flexibility index (Phi) is 6.70. The van der Waals surface area contributed by atoms with Crippen LogP contribution in [0.1, 0.15) is 0 Å². The van der Waals surface area contributed by atoms with Crippen molar-refractivity contribution in [3.05, 3.63) is 174 Å². The van der Waals surface area contributed by atoms with E-state index in [1.54, 1.807) is 0 Å². The van der Waals surface area contributed by atoms with Gasteiger partial charge in [0.05, 0.1) is 16.7 Å². The molecule has 8 aromatic rings. The third-order valence-corrected chi connectivity index (χ3v) is 8.97. The Morgan fingerprint density at radius 1 is 0.341 bits per heavy atom. The molecule has 0 aliphatic heterocycles. The summed E-state index contributed by atoms with van der Waals surface area (Å²) in [7, 11) is 0. The van der Waals surface area contributed by atoms with Gasteiger partial charge in [-0.1, -0.05) is 149 Å². The molecular formula is C42H28BrN. The van der Waals surface area contributed by atoms with Crippen LogP contribution in [0.2, 0.25) is 0 Å². The fraction of sp³-hybridized carbons (Fsp3) is 0. The van der Waals surface area contributed by atoms with E-state index < -0.39 is 0 Å². The van der Waals surface area contributed by atoms with Crippen LogP contribution in [0.3, 0.4) is 0 Å². The highest BCUT2D eigenvalue weighted by atomic mass is 79.9. The van der Waals surface area contributed by atoms with Crippen molar-refractivity contribution < 1.29 is 0 Å². The Labute approximate surface area is 265 Å². The van der Waals surface area contributed by atoms with Gasteiger partial charge in [-0.25, -0.2) is 0 Å². The zero-order valence-electron chi connectivity index (χ0n) is 24.0. The summed E-state index contributed by atoms with van der Waals surface area (Å²) < 4.78 is 3.53. The van der Waals surface area contributed by atoms with E-state index in [9.17, 15) is 0 Å². The van der Waals surface area contributed by atoms with Crippen molar-refractivity contribution in [2.24, 2.45) is 0 Å². The molecule has 0 bridgehead atoms. The second kappa shape index (κ2) is 11.1. The molecule has 7 aromatic carbocycles. The summed E-state index contributed by atoms with van der Waals surface area (Å²) in [6.45, 7) is 0. The normalized spacial score (nSPS) is 11.3. The Morgan fingerprint density at radius 2 is 0.864 bits per heavy atom. The summed E-state index contributed by atoms with van der Waals surface area (Å²) >= 11 is 3.61. The molecule has 0 spiro atoms. The quantitative estimate of drug-likeness (QED) is 0.179. The van der Waals surface area contributed by atoms with Crippen LogP contribution in [0, 0.1) is 0 Å². The lowest BCUT2D eigenvalue weighted by molar-refractivity contribution is 1.18. The van der Waals surface area contributed by atoms with Gasteiger partial charge in [0.15, 0.2) is 0 Å². The van der Waals surface area contributed by atoms with Crippen LogP contribution < -0.4 is 0 Å². The maximum atomic E-state index is 3.61. The molecule has 0 aliphatic carbocycles. The molecule has 1 aromatic heterocycles. The lowest BCUT2D eigenvalue weighted by atomic mass is 9.97. The summed E-state index contributed by atoms with van der Waals surface area (Å²) in [5.74, 6) is 0. The monoisotopic (exact) mass is 625 g/mol. The third-order valence-electron chi connectivity index (χ3n) is 8.48. The van der Waals surface area contributed by atoms with E-state index in [2.05, 4.69) is 190 Å². The number of para-hydroxylation sites is 1. The lowest BCUT2D eigenvalue weighted by Gasteiger charge is -2.16. The predicted molar refractivity (Wildman–Crippen MR) is 190 cm³/mol. The first-order valence-electron chi connectivity index (χ1n) is 14.9. The maximum absolute atomic E-state index is 3.61. The van der Waals surface area contributed by atoms with Gasteiger partial charge in [0, 0.05) is 20.8 Å². The summed E-state index contributed by atoms with van der Waals surface area (Å²) in [6, 6.07) is 61.2. The number of nitrogens with zero attached hydrogens (tertiary/aromatic N) is 1. The van der Waals surface area contributed by atoms with Gasteiger partial charge >= 0.3 is 0 Å². The average Bonchev–Trinajstić information content (AvgIpc) is 3.42. The molecular weight excluding hydrogens is 598 g/mol. The summed E-state index contributed by atoms with van der Waals surface area (Å²) in [5, 5.41) is 2.51. The average molecular weight is 627 g/mol. The van der Waals surface area contributed by atoms with Gasteiger partial charge in [0.1, 0.15) is 0 Å². The van der Waals surface area contributed by atoms with Gasteiger partial charge in [-0.2, -0.15) is 0 Å². The maximum Gasteiger partial charge on any atom is 0.0547 e. The first-order chi connectivity index (χ1) is 21.7. The molecule has 1 nitrogen and oxygen atoms in total. The second-order valence-corrected chi connectivity index (χ2v) is 12.1. The highest BCUT2D eigenvalue weighted by molar-refractivity contribution is 9.10. The molecule has 2 heteroatoms. The highest BCUT2D eigenvalue weighted by Gasteiger charge is 2.17. The Bertz CT molecular complexity index is 2260. The number of aromatic nitrogens is 1. The molecule has 44 heavy (non-hydrogen) atoms. The minimum atomic E-state index is 1.09. The van der Waals surface area contributed by atoms with Crippen LogP contribution in [-0.2, 0) is 0 Å². The van der Waals surface area contributed by atoms with Gasteiger partial charge in [-0.3, -0.25) is 0 Å². The van der Waals surface area contributed by atoms with Crippen molar-refractivity contribution in [3.63, 3.8) is 0 Å². The number of rotatable bonds is 5. The molecule has 0 radical (unpaired) electrons. The van der Waals surface area contributed by atoms with E-state index in [0.717, 1.165) is 4.47 Å². The van der Waals surface area contributed by atoms with Gasteiger partial charge in [-0.15, -0.1) is 0 Å². The number of fused-ring (bicyclic) bond motifs is 3. The van der Waals surface area contributed by atoms with E-state index in [0.29, 0.717) is 0 Å². The third kappa shape index (κ3) is 4.74. The van der Waals surface area contributed by atoms with E-state index in [1.807, 2.05) is 0 Å². The van der Waals surface area contributed by atoms with E-state index in [1.165, 1.54) is 72.0 Å². The molecule has 208 valence electrons. The van der Waals surface area contributed by atoms with Crippen molar-refractivity contribution in [1.29, 1.82) is 0 Å². The minimum absolute atomic E-state index is 1.09. The van der Waals surface area contributed by atoms with Crippen molar-refractivity contribution >= 4 is 37.7 Å². The second-order valence-electron chi connectivity index (χ2n) is 11.1. The molecule has 0 saturated carbocycles. The number of hydrogen-bond donors (Lipinski definition) is 0. The van der Waals surface area contributed by atoms with Crippen molar-refractivity contribution in [2.45, 2.75) is 0 Å². The Balaban J connectivity index is 1.33. The van der Waals surface area contributed by atoms with Crippen molar-refractivity contribution in [3.8, 4) is 50.2 Å². The molecule has 0 fully saturated rings. The number of benzene rings is 7. The van der Waals surface area contributed by atoms with Crippen molar-refractivity contribution in [2.75, 3.05) is 0 Å². The van der Waals surface area contributed by atoms with Crippen LogP contribution in [0.15, 0.2) is 174 Å². The first-order valence-corrected chi connectivity index (χ1v) is 15.7. The molecule has 0 amide bonds. The molecule has 0 saturated heterocycles. The summed E-state index contributed by atoms with van der Waals surface area (Å²) in [5.41, 5.74) is 13.2. The molecule has 0 aliphatic rings.